The van der Waals surface area contributed by atoms with Crippen molar-refractivity contribution in [2.75, 3.05) is 6.54 Å². The summed E-state index contributed by atoms with van der Waals surface area (Å²) in [7, 11) is 0. The average molecular weight is 236 g/mol. The van der Waals surface area contributed by atoms with Gasteiger partial charge in [0.1, 0.15) is 11.0 Å². The molecule has 0 saturated heterocycles. The molecular formula is C12H14ClN3. The van der Waals surface area contributed by atoms with E-state index >= 15 is 0 Å². The lowest BCUT2D eigenvalue weighted by Gasteiger charge is -2.07. The normalized spacial score (nSPS) is 10.7. The zero-order valence-corrected chi connectivity index (χ0v) is 9.91. The molecule has 84 valence electrons. The summed E-state index contributed by atoms with van der Waals surface area (Å²) in [6, 6.07) is 8.21. The maximum absolute atomic E-state index is 6.05. The smallest absolute Gasteiger partial charge is 0.141 e. The molecule has 0 unspecified atom stereocenters. The van der Waals surface area contributed by atoms with Crippen LogP contribution < -0.4 is 5.73 Å². The molecule has 0 bridgehead atoms. The molecule has 0 aliphatic rings. The highest BCUT2D eigenvalue weighted by atomic mass is 35.5. The van der Waals surface area contributed by atoms with Gasteiger partial charge in [-0.2, -0.15) is 0 Å². The first-order valence-electron chi connectivity index (χ1n) is 5.20. The van der Waals surface area contributed by atoms with Crippen molar-refractivity contribution in [1.82, 2.24) is 9.55 Å². The number of benzene rings is 1. The highest BCUT2D eigenvalue weighted by Gasteiger charge is 2.09. The molecule has 1 aromatic heterocycles. The Kier molecular flexibility index (Phi) is 3.27. The fourth-order valence-corrected chi connectivity index (χ4v) is 1.84. The number of rotatable bonds is 3. The van der Waals surface area contributed by atoms with E-state index in [1.165, 1.54) is 5.56 Å². The van der Waals surface area contributed by atoms with Gasteiger partial charge in [0.25, 0.3) is 0 Å². The van der Waals surface area contributed by atoms with Gasteiger partial charge in [0.05, 0.1) is 6.20 Å². The monoisotopic (exact) mass is 235 g/mol. The van der Waals surface area contributed by atoms with Crippen molar-refractivity contribution in [3.05, 3.63) is 41.2 Å². The maximum atomic E-state index is 6.05. The van der Waals surface area contributed by atoms with Gasteiger partial charge in [-0.3, -0.25) is 0 Å². The second-order valence-electron chi connectivity index (χ2n) is 3.71. The van der Waals surface area contributed by atoms with Crippen LogP contribution in [-0.4, -0.2) is 16.1 Å². The van der Waals surface area contributed by atoms with Crippen LogP contribution in [0.15, 0.2) is 30.5 Å². The Morgan fingerprint density at radius 3 is 2.62 bits per heavy atom. The summed E-state index contributed by atoms with van der Waals surface area (Å²) >= 11 is 6.05. The number of hydrogen-bond donors (Lipinski definition) is 1. The third-order valence-electron chi connectivity index (χ3n) is 2.47. The standard InChI is InChI=1S/C12H14ClN3/c1-9-2-4-10(5-3-9)12-15-8-11(13)16(12)7-6-14/h2-5,8H,6-7,14H2,1H3. The van der Waals surface area contributed by atoms with Gasteiger partial charge in [0.15, 0.2) is 0 Å². The molecule has 0 aliphatic heterocycles. The van der Waals surface area contributed by atoms with Gasteiger partial charge in [-0.05, 0) is 6.92 Å². The van der Waals surface area contributed by atoms with Gasteiger partial charge >= 0.3 is 0 Å². The van der Waals surface area contributed by atoms with E-state index in [0.29, 0.717) is 18.2 Å². The molecule has 1 aromatic carbocycles. The largest absolute Gasteiger partial charge is 0.329 e. The summed E-state index contributed by atoms with van der Waals surface area (Å²) in [6.45, 7) is 3.29. The van der Waals surface area contributed by atoms with Gasteiger partial charge in [0.2, 0.25) is 0 Å². The summed E-state index contributed by atoms with van der Waals surface area (Å²) in [5, 5.41) is 0.626. The number of nitrogens with two attached hydrogens (primary N) is 1. The minimum Gasteiger partial charge on any atom is -0.329 e. The van der Waals surface area contributed by atoms with E-state index in [9.17, 15) is 0 Å². The van der Waals surface area contributed by atoms with Gasteiger partial charge in [-0.25, -0.2) is 4.98 Å². The van der Waals surface area contributed by atoms with Crippen LogP contribution in [0, 0.1) is 6.92 Å². The van der Waals surface area contributed by atoms with Crippen molar-refractivity contribution in [3.8, 4) is 11.4 Å². The molecule has 3 nitrogen and oxygen atoms in total. The topological polar surface area (TPSA) is 43.8 Å². The van der Waals surface area contributed by atoms with E-state index in [1.807, 2.05) is 16.7 Å². The highest BCUT2D eigenvalue weighted by molar-refractivity contribution is 6.29. The Labute approximate surface area is 99.9 Å². The number of aryl methyl sites for hydroxylation is 1. The number of aromatic nitrogens is 2. The minimum atomic E-state index is 0.551. The molecule has 0 aliphatic carbocycles. The van der Waals surface area contributed by atoms with Crippen molar-refractivity contribution in [1.29, 1.82) is 0 Å². The average Bonchev–Trinajstić information content (AvgIpc) is 2.63. The first kappa shape index (κ1) is 11.2. The van der Waals surface area contributed by atoms with Crippen molar-refractivity contribution < 1.29 is 0 Å². The van der Waals surface area contributed by atoms with Gasteiger partial charge < -0.3 is 10.3 Å². The molecular weight excluding hydrogens is 222 g/mol. The van der Waals surface area contributed by atoms with Crippen LogP contribution in [0.2, 0.25) is 5.15 Å². The number of halogens is 1. The Bertz CT molecular complexity index is 474. The molecule has 1 heterocycles. The molecule has 2 N–H and O–H groups in total. The quantitative estimate of drug-likeness (QED) is 0.888. The first-order valence-corrected chi connectivity index (χ1v) is 5.58. The number of nitrogens with zero attached hydrogens (tertiary/aromatic N) is 2. The Balaban J connectivity index is 2.43. The number of imidazole rings is 1. The molecule has 0 atom stereocenters. The van der Waals surface area contributed by atoms with Crippen LogP contribution in [0.4, 0.5) is 0 Å². The predicted molar refractivity (Wildman–Crippen MR) is 66.5 cm³/mol. The van der Waals surface area contributed by atoms with Crippen LogP contribution in [-0.2, 0) is 6.54 Å². The van der Waals surface area contributed by atoms with Crippen LogP contribution in [0.1, 0.15) is 5.56 Å². The molecule has 0 radical (unpaired) electrons. The van der Waals surface area contributed by atoms with E-state index in [4.69, 9.17) is 17.3 Å². The van der Waals surface area contributed by atoms with Crippen molar-refractivity contribution in [2.24, 2.45) is 5.73 Å². The zero-order valence-electron chi connectivity index (χ0n) is 9.15. The molecule has 0 spiro atoms. The number of hydrogen-bond acceptors (Lipinski definition) is 2. The van der Waals surface area contributed by atoms with Gasteiger partial charge in [-0.1, -0.05) is 41.4 Å². The molecule has 0 amide bonds. The summed E-state index contributed by atoms with van der Waals surface area (Å²) in [5.74, 6) is 0.871. The highest BCUT2D eigenvalue weighted by Crippen LogP contribution is 2.22. The fourth-order valence-electron chi connectivity index (χ4n) is 1.63. The third kappa shape index (κ3) is 2.10. The van der Waals surface area contributed by atoms with Crippen LogP contribution in [0.5, 0.6) is 0 Å². The summed E-state index contributed by atoms with van der Waals surface area (Å²) in [4.78, 5) is 4.31. The zero-order chi connectivity index (χ0) is 11.5. The Morgan fingerprint density at radius 2 is 2.00 bits per heavy atom. The lowest BCUT2D eigenvalue weighted by molar-refractivity contribution is 0.716. The lowest BCUT2D eigenvalue weighted by Crippen LogP contribution is -2.11. The Morgan fingerprint density at radius 1 is 1.31 bits per heavy atom. The second-order valence-corrected chi connectivity index (χ2v) is 4.10. The minimum absolute atomic E-state index is 0.551. The summed E-state index contributed by atoms with van der Waals surface area (Å²) in [5.41, 5.74) is 7.84. The third-order valence-corrected chi connectivity index (χ3v) is 2.77. The van der Waals surface area contributed by atoms with Crippen LogP contribution >= 0.6 is 11.6 Å². The van der Waals surface area contributed by atoms with Gasteiger partial charge in [0, 0.05) is 18.7 Å². The van der Waals surface area contributed by atoms with E-state index in [0.717, 1.165) is 11.4 Å². The fraction of sp³-hybridized carbons (Fsp3) is 0.250. The van der Waals surface area contributed by atoms with E-state index in [2.05, 4.69) is 24.0 Å². The second kappa shape index (κ2) is 4.68. The molecule has 16 heavy (non-hydrogen) atoms. The molecule has 0 fully saturated rings. The molecule has 0 saturated carbocycles. The van der Waals surface area contributed by atoms with E-state index in [1.54, 1.807) is 6.20 Å². The van der Waals surface area contributed by atoms with Crippen LogP contribution in [0.25, 0.3) is 11.4 Å². The molecule has 2 aromatic rings. The molecule has 2 rings (SSSR count). The Hall–Kier alpha value is -1.32. The first-order chi connectivity index (χ1) is 7.72. The van der Waals surface area contributed by atoms with Crippen molar-refractivity contribution >= 4 is 11.6 Å². The van der Waals surface area contributed by atoms with Crippen LogP contribution in [0.3, 0.4) is 0 Å². The van der Waals surface area contributed by atoms with E-state index in [-0.39, 0.29) is 0 Å². The van der Waals surface area contributed by atoms with Gasteiger partial charge in [-0.15, -0.1) is 0 Å². The SMILES string of the molecule is Cc1ccc(-c2ncc(Cl)n2CCN)cc1. The lowest BCUT2D eigenvalue weighted by atomic mass is 10.1. The molecule has 4 heteroatoms. The van der Waals surface area contributed by atoms with Crippen molar-refractivity contribution in [3.63, 3.8) is 0 Å². The summed E-state index contributed by atoms with van der Waals surface area (Å²) in [6.07, 6.45) is 1.66. The van der Waals surface area contributed by atoms with Crippen molar-refractivity contribution in [2.45, 2.75) is 13.5 Å². The predicted octanol–water partition coefficient (Wildman–Crippen LogP) is 2.47. The summed E-state index contributed by atoms with van der Waals surface area (Å²) < 4.78 is 1.92. The van der Waals surface area contributed by atoms with E-state index < -0.39 is 0 Å². The maximum Gasteiger partial charge on any atom is 0.141 e.